The molecule has 2 saturated heterocycles. The maximum absolute atomic E-state index is 8.74. The maximum Gasteiger partial charge on any atom is 0.131 e. The van der Waals surface area contributed by atoms with E-state index < -0.39 is 0 Å². The maximum atomic E-state index is 8.74. The summed E-state index contributed by atoms with van der Waals surface area (Å²) < 4.78 is 11.5. The predicted molar refractivity (Wildman–Crippen MR) is 131 cm³/mol. The van der Waals surface area contributed by atoms with E-state index in [9.17, 15) is 0 Å². The van der Waals surface area contributed by atoms with Gasteiger partial charge in [0.1, 0.15) is 5.82 Å². The number of nitrogens with zero attached hydrogens (tertiary/aromatic N) is 2. The molecule has 33 heavy (non-hydrogen) atoms. The fraction of sp³-hybridized carbons (Fsp3) is 0.370. The fourth-order valence-corrected chi connectivity index (χ4v) is 4.95. The minimum Gasteiger partial charge on any atom is -0.383 e. The van der Waals surface area contributed by atoms with Gasteiger partial charge in [-0.05, 0) is 72.1 Å². The highest BCUT2D eigenvalue weighted by molar-refractivity contribution is 5.89. The number of aromatic nitrogens is 2. The van der Waals surface area contributed by atoms with Crippen LogP contribution in [0.25, 0.3) is 22.3 Å². The van der Waals surface area contributed by atoms with Gasteiger partial charge in [-0.3, -0.25) is 4.98 Å². The Labute approximate surface area is 194 Å². The van der Waals surface area contributed by atoms with E-state index in [2.05, 4.69) is 34.2 Å². The first kappa shape index (κ1) is 21.7. The summed E-state index contributed by atoms with van der Waals surface area (Å²) in [5.74, 6) is 0.949. The molecule has 0 radical (unpaired) electrons. The van der Waals surface area contributed by atoms with Crippen molar-refractivity contribution >= 4 is 11.5 Å². The molecule has 6 nitrogen and oxygen atoms in total. The van der Waals surface area contributed by atoms with Crippen molar-refractivity contribution in [3.63, 3.8) is 0 Å². The SMILES string of the molecule is N=C1CCCOC[C@@H]1c1cc(-c2cnc(N)c(-c3ccncc3)c2)ccc1C1CCOCC1. The largest absolute Gasteiger partial charge is 0.383 e. The summed E-state index contributed by atoms with van der Waals surface area (Å²) in [6, 6.07) is 12.7. The number of ether oxygens (including phenoxy) is 2. The van der Waals surface area contributed by atoms with Gasteiger partial charge in [0.15, 0.2) is 0 Å². The molecule has 2 aliphatic rings. The van der Waals surface area contributed by atoms with Crippen molar-refractivity contribution in [2.75, 3.05) is 32.2 Å². The molecule has 5 rings (SSSR count). The Balaban J connectivity index is 1.58. The van der Waals surface area contributed by atoms with Crippen LogP contribution < -0.4 is 5.73 Å². The smallest absolute Gasteiger partial charge is 0.131 e. The van der Waals surface area contributed by atoms with Crippen molar-refractivity contribution in [2.45, 2.75) is 37.5 Å². The van der Waals surface area contributed by atoms with Gasteiger partial charge in [-0.15, -0.1) is 0 Å². The van der Waals surface area contributed by atoms with E-state index in [1.807, 2.05) is 18.3 Å². The molecule has 1 aromatic carbocycles. The molecule has 3 aromatic rings. The molecule has 0 spiro atoms. The minimum absolute atomic E-state index is 0.00768. The number of pyridine rings is 2. The number of hydrogen-bond acceptors (Lipinski definition) is 6. The summed E-state index contributed by atoms with van der Waals surface area (Å²) in [6.45, 7) is 2.88. The van der Waals surface area contributed by atoms with Gasteiger partial charge >= 0.3 is 0 Å². The lowest BCUT2D eigenvalue weighted by atomic mass is 9.80. The highest BCUT2D eigenvalue weighted by Gasteiger charge is 2.27. The number of hydrogen-bond donors (Lipinski definition) is 2. The highest BCUT2D eigenvalue weighted by atomic mass is 16.5. The Morgan fingerprint density at radius 3 is 2.52 bits per heavy atom. The second kappa shape index (κ2) is 9.81. The third-order valence-electron chi connectivity index (χ3n) is 6.81. The Kier molecular flexibility index (Phi) is 6.46. The standard InChI is InChI=1S/C27H30N4O2/c28-26-2-1-11-33-17-25(26)24-14-20(3-4-22(24)19-7-12-32-13-8-19)21-15-23(27(29)31-16-21)18-5-9-30-10-6-18/h3-6,9-10,14-16,19,25,28H,1-2,7-8,11-13,17H2,(H2,29,31)/t25-/m1/s1. The Bertz CT molecular complexity index is 1130. The van der Waals surface area contributed by atoms with E-state index in [4.69, 9.17) is 20.6 Å². The van der Waals surface area contributed by atoms with E-state index >= 15 is 0 Å². The molecule has 1 atom stereocenters. The first-order valence-electron chi connectivity index (χ1n) is 11.7. The molecule has 3 N–H and O–H groups in total. The van der Waals surface area contributed by atoms with E-state index in [0.717, 1.165) is 73.5 Å². The van der Waals surface area contributed by atoms with Crippen molar-refractivity contribution < 1.29 is 9.47 Å². The van der Waals surface area contributed by atoms with Gasteiger partial charge in [-0.25, -0.2) is 4.98 Å². The predicted octanol–water partition coefficient (Wildman–Crippen LogP) is 5.20. The molecule has 170 valence electrons. The molecule has 2 aliphatic heterocycles. The van der Waals surface area contributed by atoms with Crippen molar-refractivity contribution in [1.82, 2.24) is 9.97 Å². The second-order valence-corrected chi connectivity index (χ2v) is 8.88. The molecular weight excluding hydrogens is 412 g/mol. The number of nitrogens with one attached hydrogen (secondary N) is 1. The fourth-order valence-electron chi connectivity index (χ4n) is 4.95. The Morgan fingerprint density at radius 2 is 1.70 bits per heavy atom. The lowest BCUT2D eigenvalue weighted by Crippen LogP contribution is -2.20. The quantitative estimate of drug-likeness (QED) is 0.579. The normalized spacial score (nSPS) is 19.9. The van der Waals surface area contributed by atoms with Crippen LogP contribution in [0.15, 0.2) is 55.0 Å². The highest BCUT2D eigenvalue weighted by Crippen LogP contribution is 2.38. The first-order chi connectivity index (χ1) is 16.2. The number of nitrogens with two attached hydrogens (primary N) is 1. The molecule has 0 saturated carbocycles. The van der Waals surface area contributed by atoms with Crippen LogP contribution in [0.4, 0.5) is 5.82 Å². The third-order valence-corrected chi connectivity index (χ3v) is 6.81. The molecule has 4 heterocycles. The van der Waals surface area contributed by atoms with Gasteiger partial charge in [0.2, 0.25) is 0 Å². The van der Waals surface area contributed by atoms with Crippen LogP contribution >= 0.6 is 0 Å². The molecule has 0 amide bonds. The van der Waals surface area contributed by atoms with Crippen LogP contribution in [-0.2, 0) is 9.47 Å². The summed E-state index contributed by atoms with van der Waals surface area (Å²) in [5.41, 5.74) is 13.5. The van der Waals surface area contributed by atoms with E-state index in [0.29, 0.717) is 18.3 Å². The summed E-state index contributed by atoms with van der Waals surface area (Å²) in [4.78, 5) is 8.60. The van der Waals surface area contributed by atoms with E-state index in [-0.39, 0.29) is 5.92 Å². The zero-order chi connectivity index (χ0) is 22.6. The monoisotopic (exact) mass is 442 g/mol. The van der Waals surface area contributed by atoms with Crippen molar-refractivity contribution in [2.24, 2.45) is 0 Å². The third kappa shape index (κ3) is 4.68. The van der Waals surface area contributed by atoms with Gasteiger partial charge in [-0.1, -0.05) is 18.2 Å². The van der Waals surface area contributed by atoms with Crippen LogP contribution in [0.2, 0.25) is 0 Å². The average Bonchev–Trinajstić information content (AvgIpc) is 3.09. The topological polar surface area (TPSA) is 94.1 Å². The van der Waals surface area contributed by atoms with E-state index in [1.165, 1.54) is 11.1 Å². The van der Waals surface area contributed by atoms with Crippen molar-refractivity contribution in [3.8, 4) is 22.3 Å². The van der Waals surface area contributed by atoms with Gasteiger partial charge in [-0.2, -0.15) is 0 Å². The molecular formula is C27H30N4O2. The van der Waals surface area contributed by atoms with Crippen LogP contribution in [0.3, 0.4) is 0 Å². The van der Waals surface area contributed by atoms with Crippen molar-refractivity contribution in [3.05, 3.63) is 66.1 Å². The molecule has 2 fully saturated rings. The number of anilines is 1. The molecule has 2 aromatic heterocycles. The summed E-state index contributed by atoms with van der Waals surface area (Å²) in [7, 11) is 0. The average molecular weight is 443 g/mol. The molecule has 0 unspecified atom stereocenters. The van der Waals surface area contributed by atoms with Crippen molar-refractivity contribution in [1.29, 1.82) is 5.41 Å². The van der Waals surface area contributed by atoms with Crippen LogP contribution in [0.5, 0.6) is 0 Å². The van der Waals surface area contributed by atoms with Crippen LogP contribution in [0.1, 0.15) is 48.6 Å². The number of nitrogen functional groups attached to an aromatic ring is 1. The zero-order valence-electron chi connectivity index (χ0n) is 18.8. The summed E-state index contributed by atoms with van der Waals surface area (Å²) >= 11 is 0. The van der Waals surface area contributed by atoms with Crippen LogP contribution in [0, 0.1) is 5.41 Å². The lowest BCUT2D eigenvalue weighted by Gasteiger charge is -2.28. The number of benzene rings is 1. The zero-order valence-corrected chi connectivity index (χ0v) is 18.8. The van der Waals surface area contributed by atoms with Crippen LogP contribution in [-0.4, -0.2) is 42.1 Å². The number of rotatable bonds is 4. The molecule has 0 aliphatic carbocycles. The molecule has 6 heteroatoms. The summed E-state index contributed by atoms with van der Waals surface area (Å²) in [5, 5.41) is 8.74. The van der Waals surface area contributed by atoms with Gasteiger partial charge < -0.3 is 20.6 Å². The summed E-state index contributed by atoms with van der Waals surface area (Å²) in [6.07, 6.45) is 9.10. The first-order valence-corrected chi connectivity index (χ1v) is 11.7. The van der Waals surface area contributed by atoms with Gasteiger partial charge in [0.25, 0.3) is 0 Å². The Hall–Kier alpha value is -3.09. The second-order valence-electron chi connectivity index (χ2n) is 8.88. The van der Waals surface area contributed by atoms with E-state index in [1.54, 1.807) is 12.4 Å². The Morgan fingerprint density at radius 1 is 0.879 bits per heavy atom. The van der Waals surface area contributed by atoms with Gasteiger partial charge in [0.05, 0.1) is 6.61 Å². The molecule has 0 bridgehead atoms. The lowest BCUT2D eigenvalue weighted by molar-refractivity contribution is 0.0849. The minimum atomic E-state index is -0.00768. The van der Waals surface area contributed by atoms with Gasteiger partial charge in [0, 0.05) is 61.2 Å².